The molecule has 4 rings (SSSR count). The van der Waals surface area contributed by atoms with E-state index >= 15 is 0 Å². The third-order valence-electron chi connectivity index (χ3n) is 4.94. The summed E-state index contributed by atoms with van der Waals surface area (Å²) in [6.45, 7) is 2.76. The zero-order chi connectivity index (χ0) is 17.2. The van der Waals surface area contributed by atoms with Crippen molar-refractivity contribution in [2.24, 2.45) is 0 Å². The molecule has 1 fully saturated rings. The van der Waals surface area contributed by atoms with E-state index in [4.69, 9.17) is 0 Å². The maximum atomic E-state index is 13.2. The van der Waals surface area contributed by atoms with Crippen molar-refractivity contribution in [1.29, 1.82) is 0 Å². The van der Waals surface area contributed by atoms with Crippen molar-refractivity contribution in [3.63, 3.8) is 0 Å². The van der Waals surface area contributed by atoms with E-state index in [0.717, 1.165) is 30.8 Å². The summed E-state index contributed by atoms with van der Waals surface area (Å²) >= 11 is 0. The maximum Gasteiger partial charge on any atom is 0.257 e. The van der Waals surface area contributed by atoms with Gasteiger partial charge in [-0.3, -0.25) is 4.79 Å². The Kier molecular flexibility index (Phi) is 4.10. The number of carbonyl (C=O) groups excluding carboxylic acids is 1. The molecule has 0 aliphatic carbocycles. The minimum Gasteiger partial charge on any atom is -0.331 e. The number of para-hydroxylation sites is 1. The Hall–Kier alpha value is -2.88. The van der Waals surface area contributed by atoms with Crippen LogP contribution in [0.1, 0.15) is 40.5 Å². The van der Waals surface area contributed by atoms with Crippen LogP contribution < -0.4 is 0 Å². The molecule has 1 aromatic heterocycles. The van der Waals surface area contributed by atoms with Gasteiger partial charge in [0, 0.05) is 6.54 Å². The first kappa shape index (κ1) is 15.6. The molecule has 0 saturated carbocycles. The van der Waals surface area contributed by atoms with Gasteiger partial charge in [0.25, 0.3) is 5.91 Å². The number of hydrogen-bond acceptors (Lipinski definition) is 2. The molecular weight excluding hydrogens is 310 g/mol. The fourth-order valence-corrected chi connectivity index (χ4v) is 3.64. The van der Waals surface area contributed by atoms with Crippen molar-refractivity contribution in [3.8, 4) is 5.69 Å². The Morgan fingerprint density at radius 2 is 1.72 bits per heavy atom. The standard InChI is InChI=1S/C21H21N3O/c1-16-19(15-22-24(16)18-11-6-3-7-12-18)21(25)23-14-8-13-20(23)17-9-4-2-5-10-17/h2-7,9-12,15,20H,8,13-14H2,1H3. The number of benzene rings is 2. The summed E-state index contributed by atoms with van der Waals surface area (Å²) < 4.78 is 1.83. The molecule has 0 radical (unpaired) electrons. The van der Waals surface area contributed by atoms with Gasteiger partial charge in [-0.1, -0.05) is 48.5 Å². The van der Waals surface area contributed by atoms with Gasteiger partial charge >= 0.3 is 0 Å². The van der Waals surface area contributed by atoms with Crippen molar-refractivity contribution in [2.75, 3.05) is 6.54 Å². The van der Waals surface area contributed by atoms with Crippen LogP contribution in [0, 0.1) is 6.92 Å². The van der Waals surface area contributed by atoms with Gasteiger partial charge in [0.1, 0.15) is 0 Å². The van der Waals surface area contributed by atoms with E-state index in [2.05, 4.69) is 17.2 Å². The highest BCUT2D eigenvalue weighted by Crippen LogP contribution is 2.33. The zero-order valence-electron chi connectivity index (χ0n) is 14.3. The topological polar surface area (TPSA) is 38.1 Å². The molecule has 2 heterocycles. The van der Waals surface area contributed by atoms with E-state index in [0.29, 0.717) is 5.56 Å². The van der Waals surface area contributed by atoms with Crippen LogP contribution in [-0.4, -0.2) is 27.1 Å². The number of amides is 1. The lowest BCUT2D eigenvalue weighted by Gasteiger charge is -2.25. The van der Waals surface area contributed by atoms with Crippen LogP contribution in [0.25, 0.3) is 5.69 Å². The average Bonchev–Trinajstić information content (AvgIpc) is 3.29. The van der Waals surface area contributed by atoms with Crippen molar-refractivity contribution >= 4 is 5.91 Å². The lowest BCUT2D eigenvalue weighted by Crippen LogP contribution is -2.30. The van der Waals surface area contributed by atoms with E-state index < -0.39 is 0 Å². The van der Waals surface area contributed by atoms with E-state index in [1.54, 1.807) is 6.20 Å². The highest BCUT2D eigenvalue weighted by molar-refractivity contribution is 5.95. The van der Waals surface area contributed by atoms with Gasteiger partial charge in [0.05, 0.1) is 29.2 Å². The molecule has 1 saturated heterocycles. The van der Waals surface area contributed by atoms with Gasteiger partial charge in [0.15, 0.2) is 0 Å². The Bertz CT molecular complexity index is 871. The molecule has 126 valence electrons. The molecule has 0 spiro atoms. The second-order valence-electron chi connectivity index (χ2n) is 6.46. The Labute approximate surface area is 147 Å². The van der Waals surface area contributed by atoms with Crippen LogP contribution in [0.4, 0.5) is 0 Å². The number of rotatable bonds is 3. The molecule has 2 aromatic carbocycles. The second-order valence-corrected chi connectivity index (χ2v) is 6.46. The first-order valence-corrected chi connectivity index (χ1v) is 8.71. The van der Waals surface area contributed by atoms with E-state index in [9.17, 15) is 4.79 Å². The van der Waals surface area contributed by atoms with Gasteiger partial charge in [-0.25, -0.2) is 4.68 Å². The molecule has 1 atom stereocenters. The average molecular weight is 331 g/mol. The summed E-state index contributed by atoms with van der Waals surface area (Å²) in [6, 6.07) is 20.4. The number of aromatic nitrogens is 2. The Morgan fingerprint density at radius 3 is 2.44 bits per heavy atom. The molecule has 1 aliphatic rings. The summed E-state index contributed by atoms with van der Waals surface area (Å²) in [5.41, 5.74) is 3.75. The fraction of sp³-hybridized carbons (Fsp3) is 0.238. The Balaban J connectivity index is 1.64. The molecular formula is C21H21N3O. The summed E-state index contributed by atoms with van der Waals surface area (Å²) in [5.74, 6) is 0.0750. The molecule has 0 N–H and O–H groups in total. The molecule has 4 heteroatoms. The molecule has 0 bridgehead atoms. The van der Waals surface area contributed by atoms with Crippen LogP contribution in [0.2, 0.25) is 0 Å². The first-order valence-electron chi connectivity index (χ1n) is 8.71. The van der Waals surface area contributed by atoms with Gasteiger partial charge in [0.2, 0.25) is 0 Å². The first-order chi connectivity index (χ1) is 12.3. The predicted molar refractivity (Wildman–Crippen MR) is 97.8 cm³/mol. The van der Waals surface area contributed by atoms with Crippen molar-refractivity contribution < 1.29 is 4.79 Å². The van der Waals surface area contributed by atoms with Gasteiger partial charge < -0.3 is 4.90 Å². The van der Waals surface area contributed by atoms with Gasteiger partial charge in [-0.2, -0.15) is 5.10 Å². The van der Waals surface area contributed by atoms with E-state index in [1.807, 2.05) is 65.0 Å². The number of likely N-dealkylation sites (tertiary alicyclic amines) is 1. The smallest absolute Gasteiger partial charge is 0.257 e. The van der Waals surface area contributed by atoms with Crippen molar-refractivity contribution in [1.82, 2.24) is 14.7 Å². The lowest BCUT2D eigenvalue weighted by molar-refractivity contribution is 0.0735. The highest BCUT2D eigenvalue weighted by Gasteiger charge is 2.32. The third kappa shape index (κ3) is 2.84. The monoisotopic (exact) mass is 331 g/mol. The quantitative estimate of drug-likeness (QED) is 0.723. The second kappa shape index (κ2) is 6.55. The zero-order valence-corrected chi connectivity index (χ0v) is 14.3. The van der Waals surface area contributed by atoms with Crippen LogP contribution in [0.3, 0.4) is 0 Å². The minimum absolute atomic E-state index is 0.0750. The Morgan fingerprint density at radius 1 is 1.04 bits per heavy atom. The van der Waals surface area contributed by atoms with Crippen LogP contribution >= 0.6 is 0 Å². The minimum atomic E-state index is 0.0750. The molecule has 25 heavy (non-hydrogen) atoms. The number of hydrogen-bond donors (Lipinski definition) is 0. The molecule has 4 nitrogen and oxygen atoms in total. The van der Waals surface area contributed by atoms with E-state index in [-0.39, 0.29) is 11.9 Å². The lowest BCUT2D eigenvalue weighted by atomic mass is 10.0. The third-order valence-corrected chi connectivity index (χ3v) is 4.94. The molecule has 1 unspecified atom stereocenters. The summed E-state index contributed by atoms with van der Waals surface area (Å²) in [4.78, 5) is 15.2. The largest absolute Gasteiger partial charge is 0.331 e. The summed E-state index contributed by atoms with van der Waals surface area (Å²) in [5, 5.41) is 4.45. The number of nitrogens with zero attached hydrogens (tertiary/aromatic N) is 3. The fourth-order valence-electron chi connectivity index (χ4n) is 3.64. The maximum absolute atomic E-state index is 13.2. The SMILES string of the molecule is Cc1c(C(=O)N2CCCC2c2ccccc2)cnn1-c1ccccc1. The van der Waals surface area contributed by atoms with Crippen LogP contribution in [0.15, 0.2) is 66.9 Å². The highest BCUT2D eigenvalue weighted by atomic mass is 16.2. The molecule has 1 amide bonds. The van der Waals surface area contributed by atoms with Crippen LogP contribution in [0.5, 0.6) is 0 Å². The van der Waals surface area contributed by atoms with Crippen LogP contribution in [-0.2, 0) is 0 Å². The van der Waals surface area contributed by atoms with Crippen molar-refractivity contribution in [2.45, 2.75) is 25.8 Å². The normalized spacial score (nSPS) is 17.0. The molecule has 3 aromatic rings. The number of carbonyl (C=O) groups is 1. The van der Waals surface area contributed by atoms with Gasteiger partial charge in [-0.05, 0) is 37.5 Å². The predicted octanol–water partition coefficient (Wildman–Crippen LogP) is 4.16. The van der Waals surface area contributed by atoms with Gasteiger partial charge in [-0.15, -0.1) is 0 Å². The summed E-state index contributed by atoms with van der Waals surface area (Å²) in [6.07, 6.45) is 3.75. The molecule has 1 aliphatic heterocycles. The van der Waals surface area contributed by atoms with Crippen molar-refractivity contribution in [3.05, 3.63) is 83.7 Å². The summed E-state index contributed by atoms with van der Waals surface area (Å²) in [7, 11) is 0. The van der Waals surface area contributed by atoms with E-state index in [1.165, 1.54) is 5.56 Å².